The molecular formula is C5H2BrF7. The highest BCUT2D eigenvalue weighted by Crippen LogP contribution is 2.40. The highest BCUT2D eigenvalue weighted by Gasteiger charge is 2.52. The fourth-order valence-corrected chi connectivity index (χ4v) is 0.426. The van der Waals surface area contributed by atoms with Crippen LogP contribution in [0.3, 0.4) is 0 Å². The number of hydrogen-bond donors (Lipinski definition) is 0. The Balaban J connectivity index is 4.62. The predicted molar refractivity (Wildman–Crippen MR) is 34.0 cm³/mol. The van der Waals surface area contributed by atoms with Crippen molar-refractivity contribution in [2.24, 2.45) is 0 Å². The largest absolute Gasteiger partial charge is 0.409 e. The first kappa shape index (κ1) is 12.7. The molecule has 0 amide bonds. The van der Waals surface area contributed by atoms with Gasteiger partial charge in [-0.05, 0) is 22.0 Å². The molecular weight excluding hydrogens is 273 g/mol. The number of alkyl halides is 8. The molecule has 0 unspecified atom stereocenters. The summed E-state index contributed by atoms with van der Waals surface area (Å²) in [5.41, 5.74) is 0. The lowest BCUT2D eigenvalue weighted by molar-refractivity contribution is -0.117. The minimum atomic E-state index is -5.04. The second-order valence-corrected chi connectivity index (χ2v) is 2.99. The SMILES string of the molecule is FC(F)(F)/C=C/C(F)(F)C(F)(F)Br. The van der Waals surface area contributed by atoms with E-state index in [0.29, 0.717) is 0 Å². The van der Waals surface area contributed by atoms with Gasteiger partial charge in [0.1, 0.15) is 0 Å². The fourth-order valence-electron chi connectivity index (χ4n) is 0.294. The Morgan fingerprint density at radius 2 is 1.15 bits per heavy atom. The van der Waals surface area contributed by atoms with Gasteiger partial charge in [-0.1, -0.05) is 0 Å². The molecule has 0 radical (unpaired) electrons. The van der Waals surface area contributed by atoms with Gasteiger partial charge in [-0.25, -0.2) is 0 Å². The van der Waals surface area contributed by atoms with Gasteiger partial charge in [0.05, 0.1) is 0 Å². The van der Waals surface area contributed by atoms with E-state index < -0.39 is 29.1 Å². The van der Waals surface area contributed by atoms with Crippen molar-refractivity contribution >= 4 is 15.9 Å². The topological polar surface area (TPSA) is 0 Å². The van der Waals surface area contributed by atoms with Crippen LogP contribution in [0.25, 0.3) is 0 Å². The molecule has 0 aromatic carbocycles. The van der Waals surface area contributed by atoms with Crippen LogP contribution >= 0.6 is 15.9 Å². The number of hydrogen-bond acceptors (Lipinski definition) is 0. The van der Waals surface area contributed by atoms with Gasteiger partial charge in [-0.15, -0.1) is 0 Å². The van der Waals surface area contributed by atoms with Crippen molar-refractivity contribution in [2.45, 2.75) is 16.9 Å². The molecule has 0 aromatic heterocycles. The third kappa shape index (κ3) is 4.49. The molecule has 0 fully saturated rings. The van der Waals surface area contributed by atoms with E-state index in [4.69, 9.17) is 0 Å². The molecule has 0 heterocycles. The minimum Gasteiger partial charge on any atom is -0.194 e. The Morgan fingerprint density at radius 3 is 1.38 bits per heavy atom. The van der Waals surface area contributed by atoms with Gasteiger partial charge >= 0.3 is 16.9 Å². The van der Waals surface area contributed by atoms with Crippen molar-refractivity contribution in [1.29, 1.82) is 0 Å². The van der Waals surface area contributed by atoms with Crippen LogP contribution in [0.2, 0.25) is 0 Å². The van der Waals surface area contributed by atoms with E-state index in [2.05, 4.69) is 0 Å². The normalized spacial score (nSPS) is 15.4. The molecule has 78 valence electrons. The minimum absolute atomic E-state index is 0.901. The van der Waals surface area contributed by atoms with Crippen LogP contribution in [0.1, 0.15) is 0 Å². The average Bonchev–Trinajstić information content (AvgIpc) is 1.79. The lowest BCUT2D eigenvalue weighted by Crippen LogP contribution is -2.32. The molecule has 0 aliphatic rings. The first-order valence-corrected chi connectivity index (χ1v) is 3.47. The lowest BCUT2D eigenvalue weighted by atomic mass is 10.3. The van der Waals surface area contributed by atoms with Crippen molar-refractivity contribution in [2.75, 3.05) is 0 Å². The van der Waals surface area contributed by atoms with Gasteiger partial charge in [-0.3, -0.25) is 0 Å². The molecule has 0 saturated carbocycles. The smallest absolute Gasteiger partial charge is 0.194 e. The van der Waals surface area contributed by atoms with E-state index in [0.717, 1.165) is 0 Å². The van der Waals surface area contributed by atoms with E-state index in [9.17, 15) is 30.7 Å². The molecule has 0 aliphatic carbocycles. The summed E-state index contributed by atoms with van der Waals surface area (Å²) in [6.07, 6.45) is -6.88. The first-order chi connectivity index (χ1) is 5.46. The van der Waals surface area contributed by atoms with Gasteiger partial charge in [0.15, 0.2) is 0 Å². The van der Waals surface area contributed by atoms with Crippen molar-refractivity contribution in [1.82, 2.24) is 0 Å². The Kier molecular flexibility index (Phi) is 3.40. The molecule has 0 saturated heterocycles. The maximum absolute atomic E-state index is 12.1. The molecule has 0 bridgehead atoms. The van der Waals surface area contributed by atoms with Crippen LogP contribution in [0.5, 0.6) is 0 Å². The number of allylic oxidation sites excluding steroid dienone is 2. The Morgan fingerprint density at radius 1 is 0.769 bits per heavy atom. The Hall–Kier alpha value is -0.270. The van der Waals surface area contributed by atoms with Gasteiger partial charge in [0, 0.05) is 6.08 Å². The first-order valence-electron chi connectivity index (χ1n) is 2.67. The van der Waals surface area contributed by atoms with Gasteiger partial charge in [-0.2, -0.15) is 30.7 Å². The summed E-state index contributed by atoms with van der Waals surface area (Å²) in [7, 11) is 0. The van der Waals surface area contributed by atoms with Crippen molar-refractivity contribution in [3.8, 4) is 0 Å². The highest BCUT2D eigenvalue weighted by atomic mass is 79.9. The molecule has 0 aliphatic heterocycles. The summed E-state index contributed by atoms with van der Waals surface area (Å²) in [6.45, 7) is 0. The third-order valence-electron chi connectivity index (χ3n) is 0.860. The van der Waals surface area contributed by atoms with Crippen LogP contribution in [-0.2, 0) is 0 Å². The lowest BCUT2D eigenvalue weighted by Gasteiger charge is -2.17. The zero-order valence-electron chi connectivity index (χ0n) is 5.68. The standard InChI is InChI=1S/C5H2BrF7/c6-5(12,13)3(7,8)1-2-4(9,10)11/h1-2H/b2-1+. The second-order valence-electron chi connectivity index (χ2n) is 2.00. The van der Waals surface area contributed by atoms with E-state index >= 15 is 0 Å². The van der Waals surface area contributed by atoms with E-state index in [1.165, 1.54) is 15.9 Å². The average molecular weight is 275 g/mol. The summed E-state index contributed by atoms with van der Waals surface area (Å²) in [4.78, 5) is -4.69. The molecule has 0 aromatic rings. The van der Waals surface area contributed by atoms with Crippen molar-refractivity contribution in [3.63, 3.8) is 0 Å². The monoisotopic (exact) mass is 274 g/mol. The predicted octanol–water partition coefficient (Wildman–Crippen LogP) is 3.73. The summed E-state index contributed by atoms with van der Waals surface area (Å²) in [5, 5.41) is 0. The molecule has 0 N–H and O–H groups in total. The summed E-state index contributed by atoms with van der Waals surface area (Å²) in [6, 6.07) is 0. The number of halogens is 8. The molecule has 0 spiro atoms. The highest BCUT2D eigenvalue weighted by molar-refractivity contribution is 9.10. The van der Waals surface area contributed by atoms with Gasteiger partial charge in [0.25, 0.3) is 0 Å². The van der Waals surface area contributed by atoms with Crippen LogP contribution in [0.4, 0.5) is 30.7 Å². The Labute approximate surface area is 76.5 Å². The van der Waals surface area contributed by atoms with Crippen LogP contribution in [-0.4, -0.2) is 16.9 Å². The van der Waals surface area contributed by atoms with Crippen molar-refractivity contribution < 1.29 is 30.7 Å². The summed E-state index contributed by atoms with van der Waals surface area (Å²) < 4.78 is 81.7. The maximum atomic E-state index is 12.1. The third-order valence-corrected chi connectivity index (χ3v) is 1.39. The molecule has 0 nitrogen and oxygen atoms in total. The van der Waals surface area contributed by atoms with E-state index in [-0.39, 0.29) is 0 Å². The maximum Gasteiger partial charge on any atom is 0.409 e. The quantitative estimate of drug-likeness (QED) is 0.409. The molecule has 8 heteroatoms. The van der Waals surface area contributed by atoms with Crippen molar-refractivity contribution in [3.05, 3.63) is 12.2 Å². The van der Waals surface area contributed by atoms with Crippen LogP contribution in [0.15, 0.2) is 12.2 Å². The molecule has 0 atom stereocenters. The zero-order chi connectivity index (χ0) is 10.9. The van der Waals surface area contributed by atoms with Crippen LogP contribution in [0, 0.1) is 0 Å². The van der Waals surface area contributed by atoms with E-state index in [1.807, 2.05) is 0 Å². The summed E-state index contributed by atoms with van der Waals surface area (Å²) in [5.74, 6) is -4.87. The second kappa shape index (κ2) is 3.47. The van der Waals surface area contributed by atoms with Gasteiger partial charge in [0.2, 0.25) is 0 Å². The Bertz CT molecular complexity index is 198. The van der Waals surface area contributed by atoms with E-state index in [1.54, 1.807) is 0 Å². The number of rotatable bonds is 2. The fraction of sp³-hybridized carbons (Fsp3) is 0.600. The van der Waals surface area contributed by atoms with Crippen LogP contribution < -0.4 is 0 Å². The van der Waals surface area contributed by atoms with Gasteiger partial charge < -0.3 is 0 Å². The zero-order valence-corrected chi connectivity index (χ0v) is 7.26. The summed E-state index contributed by atoms with van der Waals surface area (Å²) >= 11 is 1.27. The molecule has 13 heavy (non-hydrogen) atoms. The molecule has 0 rings (SSSR count).